The molecule has 0 heterocycles. The summed E-state index contributed by atoms with van der Waals surface area (Å²) in [5, 5.41) is 8.89. The van der Waals surface area contributed by atoms with Crippen molar-refractivity contribution in [3.05, 3.63) is 0 Å². The van der Waals surface area contributed by atoms with Crippen LogP contribution in [0.15, 0.2) is 0 Å². The van der Waals surface area contributed by atoms with E-state index in [1.54, 1.807) is 0 Å². The fraction of sp³-hybridized carbons (Fsp3) is 1.00. The van der Waals surface area contributed by atoms with Crippen LogP contribution in [0, 0.1) is 5.92 Å². The zero-order chi connectivity index (χ0) is 8.91. The van der Waals surface area contributed by atoms with E-state index >= 15 is 0 Å². The van der Waals surface area contributed by atoms with E-state index in [-0.39, 0.29) is 12.1 Å². The third-order valence-electron chi connectivity index (χ3n) is 2.06. The second-order valence-electron chi connectivity index (χ2n) is 3.52. The molecule has 0 aliphatic rings. The lowest BCUT2D eigenvalue weighted by Gasteiger charge is -2.26. The lowest BCUT2D eigenvalue weighted by Crippen LogP contribution is -2.45. The minimum absolute atomic E-state index is 0.212. The highest BCUT2D eigenvalue weighted by atomic mass is 16.3. The molecule has 0 spiro atoms. The Bertz CT molecular complexity index is 100. The van der Waals surface area contributed by atoms with Crippen LogP contribution in [0.5, 0.6) is 0 Å². The average molecular weight is 160 g/mol. The quantitative estimate of drug-likeness (QED) is 0.533. The predicted octanol–water partition coefficient (Wildman–Crippen LogP) is 0.0711. The van der Waals surface area contributed by atoms with E-state index in [9.17, 15) is 0 Å². The molecule has 11 heavy (non-hydrogen) atoms. The van der Waals surface area contributed by atoms with Crippen LogP contribution in [0.3, 0.4) is 0 Å². The van der Waals surface area contributed by atoms with Gasteiger partial charge >= 0.3 is 0 Å². The SMILES string of the molecule is CCC(CO)CC(C)(N)CN. The third-order valence-corrected chi connectivity index (χ3v) is 2.06. The van der Waals surface area contributed by atoms with E-state index in [1.807, 2.05) is 13.8 Å². The summed E-state index contributed by atoms with van der Waals surface area (Å²) in [5.41, 5.74) is 11.0. The van der Waals surface area contributed by atoms with Gasteiger partial charge in [0.15, 0.2) is 0 Å². The first-order valence-electron chi connectivity index (χ1n) is 4.15. The van der Waals surface area contributed by atoms with Crippen LogP contribution in [0.1, 0.15) is 26.7 Å². The first-order chi connectivity index (χ1) is 5.05. The standard InChI is InChI=1S/C8H20N2O/c1-3-7(5-11)4-8(2,10)6-9/h7,11H,3-6,9-10H2,1-2H3. The van der Waals surface area contributed by atoms with Crippen molar-refractivity contribution in [3.8, 4) is 0 Å². The minimum Gasteiger partial charge on any atom is -0.396 e. The van der Waals surface area contributed by atoms with E-state index in [0.717, 1.165) is 12.8 Å². The number of rotatable bonds is 5. The number of nitrogens with two attached hydrogens (primary N) is 2. The van der Waals surface area contributed by atoms with Crippen LogP contribution in [-0.4, -0.2) is 23.8 Å². The number of aliphatic hydroxyl groups is 1. The lowest BCUT2D eigenvalue weighted by atomic mass is 9.89. The molecule has 0 aliphatic heterocycles. The van der Waals surface area contributed by atoms with Crippen molar-refractivity contribution >= 4 is 0 Å². The van der Waals surface area contributed by atoms with Crippen molar-refractivity contribution in [2.24, 2.45) is 17.4 Å². The first-order valence-corrected chi connectivity index (χ1v) is 4.15. The highest BCUT2D eigenvalue weighted by molar-refractivity contribution is 4.82. The largest absolute Gasteiger partial charge is 0.396 e. The van der Waals surface area contributed by atoms with Gasteiger partial charge in [0.1, 0.15) is 0 Å². The molecule has 0 aromatic carbocycles. The second-order valence-corrected chi connectivity index (χ2v) is 3.52. The topological polar surface area (TPSA) is 72.3 Å². The Hall–Kier alpha value is -0.120. The molecule has 0 radical (unpaired) electrons. The summed E-state index contributed by atoms with van der Waals surface area (Å²) in [5.74, 6) is 0.300. The molecule has 0 fully saturated rings. The van der Waals surface area contributed by atoms with Gasteiger partial charge in [-0.05, 0) is 19.3 Å². The van der Waals surface area contributed by atoms with E-state index in [2.05, 4.69) is 0 Å². The van der Waals surface area contributed by atoms with Gasteiger partial charge < -0.3 is 16.6 Å². The van der Waals surface area contributed by atoms with Crippen molar-refractivity contribution in [1.29, 1.82) is 0 Å². The van der Waals surface area contributed by atoms with Crippen molar-refractivity contribution in [1.82, 2.24) is 0 Å². The average Bonchev–Trinajstić information content (AvgIpc) is 2.00. The van der Waals surface area contributed by atoms with E-state index in [4.69, 9.17) is 16.6 Å². The maximum atomic E-state index is 8.89. The summed E-state index contributed by atoms with van der Waals surface area (Å²) in [7, 11) is 0. The molecule has 0 amide bonds. The molecular formula is C8H20N2O. The summed E-state index contributed by atoms with van der Waals surface area (Å²) >= 11 is 0. The van der Waals surface area contributed by atoms with Crippen LogP contribution < -0.4 is 11.5 Å². The molecule has 0 bridgehead atoms. The van der Waals surface area contributed by atoms with Crippen molar-refractivity contribution in [3.63, 3.8) is 0 Å². The van der Waals surface area contributed by atoms with Gasteiger partial charge in [-0.25, -0.2) is 0 Å². The van der Waals surface area contributed by atoms with Gasteiger partial charge in [0.05, 0.1) is 0 Å². The van der Waals surface area contributed by atoms with Gasteiger partial charge in [-0.3, -0.25) is 0 Å². The molecular weight excluding hydrogens is 140 g/mol. The summed E-state index contributed by atoms with van der Waals surface area (Å²) in [6.45, 7) is 4.66. The Balaban J connectivity index is 3.79. The zero-order valence-corrected chi connectivity index (χ0v) is 7.51. The van der Waals surface area contributed by atoms with Crippen molar-refractivity contribution in [2.75, 3.05) is 13.2 Å². The molecule has 3 heteroatoms. The molecule has 5 N–H and O–H groups in total. The molecule has 0 aliphatic carbocycles. The molecule has 2 unspecified atom stereocenters. The second kappa shape index (κ2) is 4.70. The molecule has 0 aromatic heterocycles. The first kappa shape index (κ1) is 10.9. The lowest BCUT2D eigenvalue weighted by molar-refractivity contribution is 0.191. The maximum Gasteiger partial charge on any atom is 0.0459 e. The fourth-order valence-corrected chi connectivity index (χ4v) is 1.08. The van der Waals surface area contributed by atoms with Crippen LogP contribution >= 0.6 is 0 Å². The molecule has 0 rings (SSSR count). The minimum atomic E-state index is -0.316. The Labute approximate surface area is 68.8 Å². The fourth-order valence-electron chi connectivity index (χ4n) is 1.08. The van der Waals surface area contributed by atoms with Gasteiger partial charge in [0, 0.05) is 18.7 Å². The Morgan fingerprint density at radius 2 is 2.09 bits per heavy atom. The number of hydrogen-bond donors (Lipinski definition) is 3. The summed E-state index contributed by atoms with van der Waals surface area (Å²) in [4.78, 5) is 0. The molecule has 68 valence electrons. The van der Waals surface area contributed by atoms with E-state index in [1.165, 1.54) is 0 Å². The van der Waals surface area contributed by atoms with Crippen LogP contribution in [0.4, 0.5) is 0 Å². The Morgan fingerprint density at radius 1 is 1.55 bits per heavy atom. The van der Waals surface area contributed by atoms with Crippen LogP contribution in [0.25, 0.3) is 0 Å². The summed E-state index contributed by atoms with van der Waals surface area (Å²) < 4.78 is 0. The summed E-state index contributed by atoms with van der Waals surface area (Å²) in [6, 6.07) is 0. The van der Waals surface area contributed by atoms with Gasteiger partial charge in [0.2, 0.25) is 0 Å². The normalized spacial score (nSPS) is 19.4. The van der Waals surface area contributed by atoms with Crippen LogP contribution in [0.2, 0.25) is 0 Å². The molecule has 0 aromatic rings. The highest BCUT2D eigenvalue weighted by Gasteiger charge is 2.20. The van der Waals surface area contributed by atoms with Gasteiger partial charge in [-0.1, -0.05) is 13.3 Å². The predicted molar refractivity (Wildman–Crippen MR) is 47.1 cm³/mol. The van der Waals surface area contributed by atoms with Gasteiger partial charge in [-0.15, -0.1) is 0 Å². The zero-order valence-electron chi connectivity index (χ0n) is 7.51. The van der Waals surface area contributed by atoms with Gasteiger partial charge in [0.25, 0.3) is 0 Å². The van der Waals surface area contributed by atoms with E-state index < -0.39 is 0 Å². The van der Waals surface area contributed by atoms with Crippen molar-refractivity contribution < 1.29 is 5.11 Å². The van der Waals surface area contributed by atoms with E-state index in [0.29, 0.717) is 12.5 Å². The Kier molecular flexibility index (Phi) is 4.65. The molecule has 2 atom stereocenters. The third kappa shape index (κ3) is 4.35. The smallest absolute Gasteiger partial charge is 0.0459 e. The van der Waals surface area contributed by atoms with Gasteiger partial charge in [-0.2, -0.15) is 0 Å². The van der Waals surface area contributed by atoms with Crippen LogP contribution in [-0.2, 0) is 0 Å². The molecule has 0 saturated carbocycles. The highest BCUT2D eigenvalue weighted by Crippen LogP contribution is 2.15. The summed E-state index contributed by atoms with van der Waals surface area (Å²) in [6.07, 6.45) is 1.76. The number of aliphatic hydroxyl groups excluding tert-OH is 1. The maximum absolute atomic E-state index is 8.89. The number of hydrogen-bond acceptors (Lipinski definition) is 3. The molecule has 0 saturated heterocycles. The monoisotopic (exact) mass is 160 g/mol. The molecule has 3 nitrogen and oxygen atoms in total. The Morgan fingerprint density at radius 3 is 2.36 bits per heavy atom. The van der Waals surface area contributed by atoms with Crippen molar-refractivity contribution in [2.45, 2.75) is 32.2 Å².